The van der Waals surface area contributed by atoms with Crippen molar-refractivity contribution in [1.82, 2.24) is 14.6 Å². The van der Waals surface area contributed by atoms with Crippen molar-refractivity contribution in [2.75, 3.05) is 30.4 Å². The molecule has 1 unspecified atom stereocenters. The molecule has 152 valence electrons. The number of carbonyl (C=O) groups excluding carboxylic acids is 1. The van der Waals surface area contributed by atoms with Gasteiger partial charge in [-0.05, 0) is 44.0 Å². The Bertz CT molecular complexity index is 1070. The highest BCUT2D eigenvalue weighted by molar-refractivity contribution is 6.01. The number of aromatic nitrogens is 3. The number of ether oxygens (including phenoxy) is 1. The number of anilines is 2. The summed E-state index contributed by atoms with van der Waals surface area (Å²) in [5, 5.41) is 7.20. The van der Waals surface area contributed by atoms with E-state index >= 15 is 0 Å². The van der Waals surface area contributed by atoms with Gasteiger partial charge in [-0.2, -0.15) is 0 Å². The van der Waals surface area contributed by atoms with Gasteiger partial charge in [-0.3, -0.25) is 0 Å². The molecule has 29 heavy (non-hydrogen) atoms. The largest absolute Gasteiger partial charge is 0.462 e. The zero-order chi connectivity index (χ0) is 20.5. The second-order valence-corrected chi connectivity index (χ2v) is 6.77. The van der Waals surface area contributed by atoms with Crippen molar-refractivity contribution in [2.45, 2.75) is 25.8 Å². The lowest BCUT2D eigenvalue weighted by Crippen LogP contribution is -2.24. The van der Waals surface area contributed by atoms with Gasteiger partial charge >= 0.3 is 5.97 Å². The van der Waals surface area contributed by atoms with E-state index in [1.54, 1.807) is 26.2 Å². The van der Waals surface area contributed by atoms with Crippen LogP contribution in [-0.2, 0) is 4.74 Å². The number of nitrogens with one attached hydrogen (secondary N) is 1. The molecule has 1 fully saturated rings. The second kappa shape index (κ2) is 7.65. The van der Waals surface area contributed by atoms with E-state index in [1.807, 2.05) is 4.90 Å². The summed E-state index contributed by atoms with van der Waals surface area (Å²) in [5.41, 5.74) is 0.888. The second-order valence-electron chi connectivity index (χ2n) is 6.77. The molecule has 1 aliphatic rings. The number of halogens is 2. The summed E-state index contributed by atoms with van der Waals surface area (Å²) in [6.45, 7) is 2.60. The van der Waals surface area contributed by atoms with Gasteiger partial charge in [-0.15, -0.1) is 5.10 Å². The third-order valence-electron chi connectivity index (χ3n) is 5.05. The van der Waals surface area contributed by atoms with Crippen LogP contribution in [-0.4, -0.2) is 40.8 Å². The zero-order valence-electron chi connectivity index (χ0n) is 16.2. The Morgan fingerprint density at radius 2 is 2.17 bits per heavy atom. The van der Waals surface area contributed by atoms with Gasteiger partial charge in [-0.25, -0.2) is 23.1 Å². The molecule has 1 aromatic carbocycles. The van der Waals surface area contributed by atoms with Crippen LogP contribution in [0.15, 0.2) is 30.5 Å². The Hall–Kier alpha value is -3.23. The molecular formula is C20H21F2N5O2. The van der Waals surface area contributed by atoms with Crippen molar-refractivity contribution in [1.29, 1.82) is 0 Å². The number of rotatable bonds is 5. The number of hydrogen-bond acceptors (Lipinski definition) is 6. The summed E-state index contributed by atoms with van der Waals surface area (Å²) in [6.07, 6.45) is 3.19. The molecule has 0 saturated carbocycles. The molecule has 9 heteroatoms. The summed E-state index contributed by atoms with van der Waals surface area (Å²) in [5.74, 6) is -0.515. The number of esters is 1. The first kappa shape index (κ1) is 19.1. The Morgan fingerprint density at radius 1 is 1.34 bits per heavy atom. The smallest absolute Gasteiger partial charge is 0.345 e. The summed E-state index contributed by atoms with van der Waals surface area (Å²) in [6, 6.07) is 4.91. The van der Waals surface area contributed by atoms with E-state index in [1.165, 1.54) is 10.6 Å². The highest BCUT2D eigenvalue weighted by Gasteiger charge is 2.31. The molecular weight excluding hydrogens is 380 g/mol. The fourth-order valence-corrected chi connectivity index (χ4v) is 3.78. The number of nitrogens with zero attached hydrogens (tertiary/aromatic N) is 4. The maximum absolute atomic E-state index is 14.4. The maximum Gasteiger partial charge on any atom is 0.345 e. The molecule has 3 heterocycles. The lowest BCUT2D eigenvalue weighted by Gasteiger charge is -2.26. The molecule has 1 N–H and O–H groups in total. The minimum Gasteiger partial charge on any atom is -0.462 e. The highest BCUT2D eigenvalue weighted by Crippen LogP contribution is 2.37. The van der Waals surface area contributed by atoms with Crippen LogP contribution in [0.2, 0.25) is 0 Å². The Morgan fingerprint density at radius 3 is 2.93 bits per heavy atom. The molecule has 4 rings (SSSR count). The van der Waals surface area contributed by atoms with Gasteiger partial charge in [-0.1, -0.05) is 0 Å². The van der Waals surface area contributed by atoms with Gasteiger partial charge in [0.1, 0.15) is 23.0 Å². The van der Waals surface area contributed by atoms with Gasteiger partial charge in [0.2, 0.25) is 0 Å². The normalized spacial score (nSPS) is 16.4. The molecule has 0 aliphatic carbocycles. The molecule has 3 aromatic rings. The summed E-state index contributed by atoms with van der Waals surface area (Å²) in [4.78, 5) is 19.0. The van der Waals surface area contributed by atoms with Crippen LogP contribution in [0.1, 0.15) is 41.7 Å². The van der Waals surface area contributed by atoms with Crippen LogP contribution >= 0.6 is 0 Å². The van der Waals surface area contributed by atoms with Crippen molar-refractivity contribution in [3.05, 3.63) is 53.2 Å². The van der Waals surface area contributed by atoms with Crippen LogP contribution in [0.4, 0.5) is 20.4 Å². The first-order chi connectivity index (χ1) is 14.0. The van der Waals surface area contributed by atoms with Gasteiger partial charge in [0.25, 0.3) is 0 Å². The average molecular weight is 401 g/mol. The van der Waals surface area contributed by atoms with E-state index in [0.717, 1.165) is 18.6 Å². The Labute approximate surface area is 166 Å². The van der Waals surface area contributed by atoms with Crippen molar-refractivity contribution in [2.24, 2.45) is 0 Å². The lowest BCUT2D eigenvalue weighted by atomic mass is 10.0. The average Bonchev–Trinajstić information content (AvgIpc) is 3.33. The molecule has 1 saturated heterocycles. The maximum atomic E-state index is 14.4. The number of benzene rings is 1. The van der Waals surface area contributed by atoms with Gasteiger partial charge in [0, 0.05) is 25.4 Å². The predicted molar refractivity (Wildman–Crippen MR) is 104 cm³/mol. The van der Waals surface area contributed by atoms with Crippen LogP contribution in [0.5, 0.6) is 0 Å². The molecule has 7 nitrogen and oxygen atoms in total. The van der Waals surface area contributed by atoms with Gasteiger partial charge in [0.15, 0.2) is 11.5 Å². The van der Waals surface area contributed by atoms with Crippen LogP contribution in [0.25, 0.3) is 5.65 Å². The Balaban J connectivity index is 1.78. The van der Waals surface area contributed by atoms with Crippen LogP contribution < -0.4 is 10.2 Å². The Kier molecular flexibility index (Phi) is 5.04. The SMILES string of the molecule is CCOC(=O)c1c(NC)nn2ccc(N3CCCC3c3cc(F)ccc3F)nc12. The van der Waals surface area contributed by atoms with Gasteiger partial charge < -0.3 is 15.0 Å². The summed E-state index contributed by atoms with van der Waals surface area (Å²) >= 11 is 0. The number of carbonyl (C=O) groups is 1. The monoisotopic (exact) mass is 401 g/mol. The predicted octanol–water partition coefficient (Wildman–Crippen LogP) is 3.57. The number of fused-ring (bicyclic) bond motifs is 1. The van der Waals surface area contributed by atoms with Crippen molar-refractivity contribution >= 4 is 23.3 Å². The minimum absolute atomic E-state index is 0.228. The fourth-order valence-electron chi connectivity index (χ4n) is 3.78. The third-order valence-corrected chi connectivity index (χ3v) is 5.05. The van der Waals surface area contributed by atoms with E-state index in [0.29, 0.717) is 35.8 Å². The van der Waals surface area contributed by atoms with Crippen molar-refractivity contribution in [3.8, 4) is 0 Å². The van der Waals surface area contributed by atoms with E-state index in [-0.39, 0.29) is 18.2 Å². The molecule has 0 radical (unpaired) electrons. The van der Waals surface area contributed by atoms with Crippen molar-refractivity contribution < 1.29 is 18.3 Å². The molecule has 0 spiro atoms. The molecule has 2 aromatic heterocycles. The topological polar surface area (TPSA) is 71.8 Å². The molecule has 1 aliphatic heterocycles. The zero-order valence-corrected chi connectivity index (χ0v) is 16.2. The summed E-state index contributed by atoms with van der Waals surface area (Å²) < 4.78 is 34.7. The van der Waals surface area contributed by atoms with Crippen LogP contribution in [0.3, 0.4) is 0 Å². The van der Waals surface area contributed by atoms with E-state index in [9.17, 15) is 13.6 Å². The van der Waals surface area contributed by atoms with E-state index in [4.69, 9.17) is 4.74 Å². The molecule has 0 bridgehead atoms. The molecule has 0 amide bonds. The van der Waals surface area contributed by atoms with Crippen LogP contribution in [0, 0.1) is 11.6 Å². The fraction of sp³-hybridized carbons (Fsp3) is 0.350. The van der Waals surface area contributed by atoms with Crippen molar-refractivity contribution in [3.63, 3.8) is 0 Å². The first-order valence-electron chi connectivity index (χ1n) is 9.49. The molecule has 1 atom stereocenters. The lowest BCUT2D eigenvalue weighted by molar-refractivity contribution is 0.0529. The standard InChI is InChI=1S/C20H21F2N5O2/c1-3-29-20(28)17-18(23-2)25-27-10-8-16(24-19(17)27)26-9-4-5-15(26)13-11-12(21)6-7-14(13)22/h6-8,10-11,15H,3-5,9H2,1-2H3,(H,23,25). The third kappa shape index (κ3) is 3.37. The van der Waals surface area contributed by atoms with E-state index < -0.39 is 17.6 Å². The quantitative estimate of drug-likeness (QED) is 0.659. The van der Waals surface area contributed by atoms with Gasteiger partial charge in [0.05, 0.1) is 12.6 Å². The number of hydrogen-bond donors (Lipinski definition) is 1. The van der Waals surface area contributed by atoms with E-state index in [2.05, 4.69) is 15.4 Å². The highest BCUT2D eigenvalue weighted by atomic mass is 19.1. The first-order valence-corrected chi connectivity index (χ1v) is 9.49. The minimum atomic E-state index is -0.523. The summed E-state index contributed by atoms with van der Waals surface area (Å²) in [7, 11) is 1.66.